The zero-order valence-corrected chi connectivity index (χ0v) is 9.67. The van der Waals surface area contributed by atoms with Crippen LogP contribution in [0.4, 0.5) is 5.69 Å². The Hall–Kier alpha value is -0.280. The maximum Gasteiger partial charge on any atom is 0.0317 e. The number of rotatable bonds is 4. The summed E-state index contributed by atoms with van der Waals surface area (Å²) in [5, 5.41) is 0. The normalized spacial score (nSPS) is 10.3. The molecule has 0 aliphatic rings. The lowest BCUT2D eigenvalue weighted by atomic mass is 10.2. The van der Waals surface area contributed by atoms with E-state index < -0.39 is 0 Å². The topological polar surface area (TPSA) is 26.0 Å². The summed E-state index contributed by atoms with van der Waals surface area (Å²) in [7, 11) is 0. The van der Waals surface area contributed by atoms with E-state index >= 15 is 0 Å². The number of hydrogen-bond acceptors (Lipinski definition) is 3. The summed E-state index contributed by atoms with van der Waals surface area (Å²) in [5.41, 5.74) is 7.81. The quantitative estimate of drug-likeness (QED) is 0.473. The average Bonchev–Trinajstić information content (AvgIpc) is 2.09. The maximum atomic E-state index is 5.67. The Morgan fingerprint density at radius 2 is 2.08 bits per heavy atom. The molecule has 3 heteroatoms. The van der Waals surface area contributed by atoms with Crippen molar-refractivity contribution in [2.75, 3.05) is 23.5 Å². The van der Waals surface area contributed by atoms with Crippen LogP contribution in [0.2, 0.25) is 0 Å². The number of nitrogen functional groups attached to an aromatic ring is 1. The van der Waals surface area contributed by atoms with Gasteiger partial charge < -0.3 is 5.73 Å². The van der Waals surface area contributed by atoms with Crippen LogP contribution < -0.4 is 5.73 Å². The Morgan fingerprint density at radius 1 is 1.31 bits per heavy atom. The van der Waals surface area contributed by atoms with Crippen molar-refractivity contribution in [3.8, 4) is 0 Å². The van der Waals surface area contributed by atoms with Crippen LogP contribution in [0.25, 0.3) is 0 Å². The second kappa shape index (κ2) is 5.45. The molecule has 72 valence electrons. The van der Waals surface area contributed by atoms with Crippen LogP contribution in [-0.4, -0.2) is 17.8 Å². The third-order valence-corrected chi connectivity index (χ3v) is 3.79. The van der Waals surface area contributed by atoms with Crippen LogP contribution in [0.5, 0.6) is 0 Å². The van der Waals surface area contributed by atoms with Crippen LogP contribution >= 0.6 is 23.5 Å². The highest BCUT2D eigenvalue weighted by Crippen LogP contribution is 2.24. The van der Waals surface area contributed by atoms with E-state index in [4.69, 9.17) is 5.73 Å². The summed E-state index contributed by atoms with van der Waals surface area (Å²) < 4.78 is 0. The zero-order chi connectivity index (χ0) is 9.68. The Balaban J connectivity index is 2.56. The van der Waals surface area contributed by atoms with Gasteiger partial charge in [-0.15, -0.1) is 11.8 Å². The standard InChI is InChI=1S/C10H15NS2/c1-8-7-9(11)3-4-10(8)13-6-5-12-2/h3-4,7H,5-6,11H2,1-2H3. The van der Waals surface area contributed by atoms with Crippen molar-refractivity contribution in [2.24, 2.45) is 0 Å². The number of anilines is 1. The third kappa shape index (κ3) is 3.53. The van der Waals surface area contributed by atoms with Crippen LogP contribution in [-0.2, 0) is 0 Å². The molecular formula is C10H15NS2. The van der Waals surface area contributed by atoms with Crippen LogP contribution in [0.15, 0.2) is 23.1 Å². The lowest BCUT2D eigenvalue weighted by Gasteiger charge is -2.05. The summed E-state index contributed by atoms with van der Waals surface area (Å²) in [4.78, 5) is 1.35. The molecule has 0 unspecified atom stereocenters. The highest BCUT2D eigenvalue weighted by molar-refractivity contribution is 8.02. The summed E-state index contributed by atoms with van der Waals surface area (Å²) in [6.45, 7) is 2.11. The predicted octanol–water partition coefficient (Wildman–Crippen LogP) is 3.03. The SMILES string of the molecule is CSCCSc1ccc(N)cc1C. The lowest BCUT2D eigenvalue weighted by Crippen LogP contribution is -1.89. The molecule has 0 spiro atoms. The first kappa shape index (κ1) is 10.8. The molecule has 0 heterocycles. The van der Waals surface area contributed by atoms with Crippen molar-refractivity contribution in [3.63, 3.8) is 0 Å². The molecule has 13 heavy (non-hydrogen) atoms. The van der Waals surface area contributed by atoms with Gasteiger partial charge in [0.2, 0.25) is 0 Å². The van der Waals surface area contributed by atoms with Gasteiger partial charge in [0.05, 0.1) is 0 Å². The fourth-order valence-corrected chi connectivity index (χ4v) is 2.74. The molecule has 0 saturated heterocycles. The van der Waals surface area contributed by atoms with E-state index in [0.717, 1.165) is 5.69 Å². The summed E-state index contributed by atoms with van der Waals surface area (Å²) >= 11 is 3.79. The minimum absolute atomic E-state index is 0.853. The molecule has 1 aromatic carbocycles. The van der Waals surface area contributed by atoms with Crippen molar-refractivity contribution in [1.29, 1.82) is 0 Å². The zero-order valence-electron chi connectivity index (χ0n) is 8.04. The van der Waals surface area contributed by atoms with Gasteiger partial charge in [-0.25, -0.2) is 0 Å². The molecule has 0 aromatic heterocycles. The van der Waals surface area contributed by atoms with Gasteiger partial charge in [0.25, 0.3) is 0 Å². The first-order valence-corrected chi connectivity index (χ1v) is 6.60. The van der Waals surface area contributed by atoms with Crippen molar-refractivity contribution in [2.45, 2.75) is 11.8 Å². The molecular weight excluding hydrogens is 198 g/mol. The molecule has 1 rings (SSSR count). The monoisotopic (exact) mass is 213 g/mol. The van der Waals surface area contributed by atoms with Gasteiger partial charge in [-0.05, 0) is 36.9 Å². The predicted molar refractivity (Wildman–Crippen MR) is 64.7 cm³/mol. The van der Waals surface area contributed by atoms with Gasteiger partial charge in [0.1, 0.15) is 0 Å². The van der Waals surface area contributed by atoms with Gasteiger partial charge >= 0.3 is 0 Å². The molecule has 0 aliphatic carbocycles. The van der Waals surface area contributed by atoms with Crippen molar-refractivity contribution in [3.05, 3.63) is 23.8 Å². The molecule has 1 aromatic rings. The number of hydrogen-bond donors (Lipinski definition) is 1. The van der Waals surface area contributed by atoms with Crippen molar-refractivity contribution in [1.82, 2.24) is 0 Å². The molecule has 0 radical (unpaired) electrons. The highest BCUT2D eigenvalue weighted by atomic mass is 32.2. The van der Waals surface area contributed by atoms with E-state index in [9.17, 15) is 0 Å². The van der Waals surface area contributed by atoms with Crippen molar-refractivity contribution < 1.29 is 0 Å². The Morgan fingerprint density at radius 3 is 2.69 bits per heavy atom. The van der Waals surface area contributed by atoms with Crippen LogP contribution in [0.1, 0.15) is 5.56 Å². The van der Waals surface area contributed by atoms with Gasteiger partial charge in [-0.1, -0.05) is 0 Å². The first-order chi connectivity index (χ1) is 6.24. The summed E-state index contributed by atoms with van der Waals surface area (Å²) in [6, 6.07) is 6.10. The van der Waals surface area contributed by atoms with E-state index in [1.165, 1.54) is 22.0 Å². The van der Waals surface area contributed by atoms with Gasteiger partial charge in [0.15, 0.2) is 0 Å². The third-order valence-electron chi connectivity index (χ3n) is 1.74. The fourth-order valence-electron chi connectivity index (χ4n) is 1.07. The largest absolute Gasteiger partial charge is 0.399 e. The Labute approximate surface area is 88.5 Å². The van der Waals surface area contributed by atoms with Crippen LogP contribution in [0.3, 0.4) is 0 Å². The number of nitrogens with two attached hydrogens (primary N) is 1. The van der Waals surface area contributed by atoms with Crippen LogP contribution in [0, 0.1) is 6.92 Å². The van der Waals surface area contributed by atoms with E-state index in [1.807, 2.05) is 35.7 Å². The summed E-state index contributed by atoms with van der Waals surface area (Å²) in [5.74, 6) is 2.38. The molecule has 1 nitrogen and oxygen atoms in total. The fraction of sp³-hybridized carbons (Fsp3) is 0.400. The first-order valence-electron chi connectivity index (χ1n) is 4.22. The molecule has 0 fully saturated rings. The lowest BCUT2D eigenvalue weighted by molar-refractivity contribution is 1.30. The molecule has 0 saturated carbocycles. The highest BCUT2D eigenvalue weighted by Gasteiger charge is 1.98. The van der Waals surface area contributed by atoms with E-state index in [1.54, 1.807) is 0 Å². The minimum Gasteiger partial charge on any atom is -0.399 e. The van der Waals surface area contributed by atoms with Crippen molar-refractivity contribution >= 4 is 29.2 Å². The van der Waals surface area contributed by atoms with E-state index in [2.05, 4.69) is 19.2 Å². The average molecular weight is 213 g/mol. The second-order valence-electron chi connectivity index (χ2n) is 2.87. The summed E-state index contributed by atoms with van der Waals surface area (Å²) in [6.07, 6.45) is 2.14. The van der Waals surface area contributed by atoms with Gasteiger partial charge in [-0.2, -0.15) is 11.8 Å². The molecule has 0 bridgehead atoms. The molecule has 0 aliphatic heterocycles. The van der Waals surface area contributed by atoms with Gasteiger partial charge in [0, 0.05) is 22.1 Å². The maximum absolute atomic E-state index is 5.67. The molecule has 0 amide bonds. The minimum atomic E-state index is 0.853. The smallest absolute Gasteiger partial charge is 0.0317 e. The Kier molecular flexibility index (Phi) is 4.53. The second-order valence-corrected chi connectivity index (χ2v) is 4.99. The number of aryl methyl sites for hydroxylation is 1. The number of benzene rings is 1. The van der Waals surface area contributed by atoms with Gasteiger partial charge in [-0.3, -0.25) is 0 Å². The molecule has 0 atom stereocenters. The Bertz CT molecular complexity index is 274. The van der Waals surface area contributed by atoms with E-state index in [-0.39, 0.29) is 0 Å². The number of thioether (sulfide) groups is 2. The molecule has 2 N–H and O–H groups in total. The van der Waals surface area contributed by atoms with E-state index in [0.29, 0.717) is 0 Å².